The number of carbonyl (C=O) groups excluding carboxylic acids is 1. The molecule has 2 rings (SSSR count). The van der Waals surface area contributed by atoms with E-state index >= 15 is 0 Å². The average molecular weight is 334 g/mol. The van der Waals surface area contributed by atoms with E-state index in [0.717, 1.165) is 17.4 Å². The zero-order chi connectivity index (χ0) is 17.9. The fourth-order valence-electron chi connectivity index (χ4n) is 1.98. The predicted molar refractivity (Wildman–Crippen MR) is 89.9 cm³/mol. The van der Waals surface area contributed by atoms with E-state index in [1.54, 1.807) is 24.3 Å². The summed E-state index contributed by atoms with van der Waals surface area (Å²) in [6, 6.07) is 9.98. The van der Waals surface area contributed by atoms with E-state index in [2.05, 4.69) is 0 Å². The molecule has 130 valence electrons. The van der Waals surface area contributed by atoms with Crippen LogP contribution in [0.15, 0.2) is 36.4 Å². The third-order valence-corrected chi connectivity index (χ3v) is 3.21. The largest absolute Gasteiger partial charge is 0.504 e. The molecule has 0 amide bonds. The van der Waals surface area contributed by atoms with Crippen molar-refractivity contribution in [1.29, 1.82) is 0 Å². The highest BCUT2D eigenvalue weighted by atomic mass is 16.5. The van der Waals surface area contributed by atoms with Gasteiger partial charge in [0.25, 0.3) is 0 Å². The van der Waals surface area contributed by atoms with Crippen LogP contribution in [-0.4, -0.2) is 42.4 Å². The van der Waals surface area contributed by atoms with Gasteiger partial charge in [-0.1, -0.05) is 12.1 Å². The third-order valence-electron chi connectivity index (χ3n) is 3.21. The summed E-state index contributed by atoms with van der Waals surface area (Å²) in [5, 5.41) is 27.2. The standard InChI is InChI=1S/C9H12O3.C9H10O3/c2*1-12-9-3-2-7(4-5-10)6-8(9)11/h2-3,6,10-11H,4-5H2,1H3;2-3,5-6,11H,4H2,1H3. The van der Waals surface area contributed by atoms with Gasteiger partial charge in [-0.15, -0.1) is 0 Å². The van der Waals surface area contributed by atoms with Gasteiger partial charge in [-0.3, -0.25) is 0 Å². The van der Waals surface area contributed by atoms with Gasteiger partial charge in [0.15, 0.2) is 23.0 Å². The normalized spacial score (nSPS) is 9.62. The topological polar surface area (TPSA) is 96.2 Å². The van der Waals surface area contributed by atoms with Crippen LogP contribution in [0.5, 0.6) is 23.0 Å². The molecular formula is C18H22O6. The van der Waals surface area contributed by atoms with Crippen LogP contribution in [0.4, 0.5) is 0 Å². The molecule has 0 radical (unpaired) electrons. The molecule has 2 aromatic carbocycles. The summed E-state index contributed by atoms with van der Waals surface area (Å²) in [6.07, 6.45) is 1.66. The Hall–Kier alpha value is -2.73. The van der Waals surface area contributed by atoms with Crippen molar-refractivity contribution in [3.8, 4) is 23.0 Å². The second-order valence-corrected chi connectivity index (χ2v) is 4.86. The van der Waals surface area contributed by atoms with Crippen LogP contribution < -0.4 is 9.47 Å². The highest BCUT2D eigenvalue weighted by Gasteiger charge is 2.01. The number of phenols is 2. The van der Waals surface area contributed by atoms with Crippen molar-refractivity contribution in [3.05, 3.63) is 47.5 Å². The van der Waals surface area contributed by atoms with Crippen molar-refractivity contribution < 1.29 is 29.6 Å². The van der Waals surface area contributed by atoms with Gasteiger partial charge in [0.2, 0.25) is 0 Å². The first-order chi connectivity index (χ1) is 11.5. The van der Waals surface area contributed by atoms with Crippen molar-refractivity contribution >= 4 is 6.29 Å². The molecule has 24 heavy (non-hydrogen) atoms. The Balaban J connectivity index is 0.000000240. The van der Waals surface area contributed by atoms with Crippen LogP contribution in [-0.2, 0) is 17.6 Å². The summed E-state index contributed by atoms with van der Waals surface area (Å²) < 4.78 is 9.71. The minimum absolute atomic E-state index is 0.0665. The molecule has 6 heteroatoms. The zero-order valence-electron chi connectivity index (χ0n) is 13.7. The Morgan fingerprint density at radius 3 is 1.83 bits per heavy atom. The number of phenolic OH excluding ortho intramolecular Hbond substituents is 2. The lowest BCUT2D eigenvalue weighted by atomic mass is 10.1. The first-order valence-electron chi connectivity index (χ1n) is 7.32. The lowest BCUT2D eigenvalue weighted by molar-refractivity contribution is -0.107. The average Bonchev–Trinajstić information content (AvgIpc) is 2.56. The van der Waals surface area contributed by atoms with Gasteiger partial charge in [0.1, 0.15) is 6.29 Å². The number of carbonyl (C=O) groups is 1. The Labute approximate surface area is 140 Å². The Morgan fingerprint density at radius 1 is 0.917 bits per heavy atom. The van der Waals surface area contributed by atoms with Crippen LogP contribution >= 0.6 is 0 Å². The minimum atomic E-state index is 0.0665. The molecule has 0 fully saturated rings. The van der Waals surface area contributed by atoms with E-state index in [0.29, 0.717) is 24.3 Å². The van der Waals surface area contributed by atoms with Crippen molar-refractivity contribution in [2.75, 3.05) is 20.8 Å². The van der Waals surface area contributed by atoms with Gasteiger partial charge in [0.05, 0.1) is 14.2 Å². The maximum atomic E-state index is 10.1. The lowest BCUT2D eigenvalue weighted by Gasteiger charge is -2.04. The van der Waals surface area contributed by atoms with Crippen LogP contribution in [0.25, 0.3) is 0 Å². The highest BCUT2D eigenvalue weighted by Crippen LogP contribution is 2.26. The third kappa shape index (κ3) is 5.81. The van der Waals surface area contributed by atoms with Crippen molar-refractivity contribution in [2.45, 2.75) is 12.8 Å². The van der Waals surface area contributed by atoms with Gasteiger partial charge in [-0.25, -0.2) is 0 Å². The number of hydrogen-bond acceptors (Lipinski definition) is 6. The molecule has 0 spiro atoms. The summed E-state index contributed by atoms with van der Waals surface area (Å²) in [4.78, 5) is 10.1. The molecule has 0 aromatic heterocycles. The number of aldehydes is 1. The molecule has 0 saturated carbocycles. The van der Waals surface area contributed by atoms with E-state index in [-0.39, 0.29) is 18.1 Å². The number of rotatable bonds is 6. The Bertz CT molecular complexity index is 654. The second-order valence-electron chi connectivity index (χ2n) is 4.86. The van der Waals surface area contributed by atoms with E-state index < -0.39 is 0 Å². The number of benzene rings is 2. The molecule has 0 aliphatic carbocycles. The van der Waals surface area contributed by atoms with Crippen LogP contribution in [0.2, 0.25) is 0 Å². The fraction of sp³-hybridized carbons (Fsp3) is 0.278. The number of hydrogen-bond donors (Lipinski definition) is 3. The summed E-state index contributed by atoms with van der Waals surface area (Å²) in [6.45, 7) is 0.0891. The smallest absolute Gasteiger partial charge is 0.160 e. The first kappa shape index (κ1) is 19.3. The second kappa shape index (κ2) is 10.1. The minimum Gasteiger partial charge on any atom is -0.504 e. The Kier molecular flexibility index (Phi) is 8.15. The molecule has 0 bridgehead atoms. The highest BCUT2D eigenvalue weighted by molar-refractivity contribution is 5.56. The molecule has 0 aliphatic heterocycles. The number of ether oxygens (including phenoxy) is 2. The van der Waals surface area contributed by atoms with Gasteiger partial charge < -0.3 is 29.6 Å². The van der Waals surface area contributed by atoms with E-state index in [9.17, 15) is 15.0 Å². The summed E-state index contributed by atoms with van der Waals surface area (Å²) in [5.41, 5.74) is 1.68. The van der Waals surface area contributed by atoms with Crippen LogP contribution in [0, 0.1) is 0 Å². The van der Waals surface area contributed by atoms with Crippen molar-refractivity contribution in [3.63, 3.8) is 0 Å². The van der Waals surface area contributed by atoms with Gasteiger partial charge in [0, 0.05) is 13.0 Å². The summed E-state index contributed by atoms with van der Waals surface area (Å²) in [7, 11) is 2.98. The number of aliphatic hydroxyl groups is 1. The number of aliphatic hydroxyl groups excluding tert-OH is 1. The Morgan fingerprint density at radius 2 is 1.42 bits per heavy atom. The molecule has 3 N–H and O–H groups in total. The van der Waals surface area contributed by atoms with Gasteiger partial charge in [-0.05, 0) is 41.8 Å². The molecule has 6 nitrogen and oxygen atoms in total. The zero-order valence-corrected chi connectivity index (χ0v) is 13.7. The first-order valence-corrected chi connectivity index (χ1v) is 7.32. The van der Waals surface area contributed by atoms with Gasteiger partial charge in [-0.2, -0.15) is 0 Å². The lowest BCUT2D eigenvalue weighted by Crippen LogP contribution is -1.91. The fourth-order valence-corrected chi connectivity index (χ4v) is 1.98. The quantitative estimate of drug-likeness (QED) is 0.700. The SMILES string of the molecule is COc1ccc(CC=O)cc1O.COc1ccc(CCO)cc1O. The van der Waals surface area contributed by atoms with Crippen molar-refractivity contribution in [2.24, 2.45) is 0 Å². The van der Waals surface area contributed by atoms with Crippen LogP contribution in [0.1, 0.15) is 11.1 Å². The monoisotopic (exact) mass is 334 g/mol. The molecule has 2 aromatic rings. The van der Waals surface area contributed by atoms with Crippen molar-refractivity contribution in [1.82, 2.24) is 0 Å². The maximum absolute atomic E-state index is 10.1. The van der Waals surface area contributed by atoms with E-state index in [1.165, 1.54) is 20.3 Å². The predicted octanol–water partition coefficient (Wildman–Crippen LogP) is 2.08. The van der Waals surface area contributed by atoms with Gasteiger partial charge >= 0.3 is 0 Å². The molecule has 0 unspecified atom stereocenters. The van der Waals surface area contributed by atoms with E-state index in [4.69, 9.17) is 14.6 Å². The van der Waals surface area contributed by atoms with E-state index in [1.807, 2.05) is 6.07 Å². The molecule has 0 atom stereocenters. The summed E-state index contributed by atoms with van der Waals surface area (Å²) in [5.74, 6) is 1.06. The molecule has 0 heterocycles. The molecule has 0 saturated heterocycles. The number of aromatic hydroxyl groups is 2. The maximum Gasteiger partial charge on any atom is 0.160 e. The molecular weight excluding hydrogens is 312 g/mol. The summed E-state index contributed by atoms with van der Waals surface area (Å²) >= 11 is 0. The van der Waals surface area contributed by atoms with Crippen LogP contribution in [0.3, 0.4) is 0 Å². The number of methoxy groups -OCH3 is 2. The molecule has 0 aliphatic rings.